The minimum absolute atomic E-state index is 0.0440. The molecule has 4 aliphatic rings. The van der Waals surface area contributed by atoms with Gasteiger partial charge in [0.05, 0.1) is 19.3 Å². The first-order chi connectivity index (χ1) is 20.1. The van der Waals surface area contributed by atoms with Crippen molar-refractivity contribution in [3.05, 3.63) is 41.5 Å². The zero-order valence-electron chi connectivity index (χ0n) is 25.9. The molecule has 2 unspecified atom stereocenters. The first-order valence-electron chi connectivity index (χ1n) is 17.4. The molecule has 0 spiro atoms. The van der Waals surface area contributed by atoms with Crippen LogP contribution >= 0.6 is 0 Å². The molecule has 1 aromatic rings. The summed E-state index contributed by atoms with van der Waals surface area (Å²) in [6, 6.07) is 3.38. The molecule has 0 aromatic heterocycles. The Balaban J connectivity index is 1.00. The number of hydrogen-bond acceptors (Lipinski definition) is 2. The lowest BCUT2D eigenvalue weighted by Gasteiger charge is -2.43. The van der Waals surface area contributed by atoms with Gasteiger partial charge in [-0.3, -0.25) is 0 Å². The summed E-state index contributed by atoms with van der Waals surface area (Å²) in [5, 5.41) is 0. The fraction of sp³-hybridized carbons (Fsp3) is 0.784. The molecule has 230 valence electrons. The van der Waals surface area contributed by atoms with E-state index in [1.54, 1.807) is 12.1 Å². The first-order valence-corrected chi connectivity index (χ1v) is 17.4. The van der Waals surface area contributed by atoms with E-state index in [9.17, 15) is 8.78 Å². The van der Waals surface area contributed by atoms with E-state index < -0.39 is 11.6 Å². The standard InChI is InChI=1S/C37H56F2O2/c1-3-5-6-7-26-8-10-27(11-9-26)28-14-18-31(19-15-28)34-22-20-32(25-41-34)29-12-16-30(17-13-29)33-21-23-35(40-24-4-2)37(39)36(33)38/h3,5,21,23,26-32,34H,4,6-20,22,24-25H2,1-2H3/b5-3+. The van der Waals surface area contributed by atoms with Crippen molar-refractivity contribution in [1.82, 2.24) is 0 Å². The van der Waals surface area contributed by atoms with Crippen LogP contribution in [0.3, 0.4) is 0 Å². The van der Waals surface area contributed by atoms with Gasteiger partial charge in [-0.1, -0.05) is 38.0 Å². The van der Waals surface area contributed by atoms with Gasteiger partial charge in [-0.25, -0.2) is 4.39 Å². The molecule has 1 aliphatic heterocycles. The number of allylic oxidation sites excluding steroid dienone is 2. The third kappa shape index (κ3) is 7.95. The van der Waals surface area contributed by atoms with E-state index in [0.717, 1.165) is 62.4 Å². The van der Waals surface area contributed by atoms with E-state index in [1.807, 2.05) is 6.92 Å². The zero-order chi connectivity index (χ0) is 28.6. The van der Waals surface area contributed by atoms with Gasteiger partial charge >= 0.3 is 0 Å². The Kier molecular flexibility index (Phi) is 11.6. The van der Waals surface area contributed by atoms with Crippen LogP contribution in [0.4, 0.5) is 8.78 Å². The molecule has 2 atom stereocenters. The molecule has 4 heteroatoms. The second-order valence-electron chi connectivity index (χ2n) is 14.1. The maximum absolute atomic E-state index is 14.9. The summed E-state index contributed by atoms with van der Waals surface area (Å²) in [6.07, 6.45) is 26.5. The second-order valence-corrected chi connectivity index (χ2v) is 14.1. The topological polar surface area (TPSA) is 18.5 Å². The molecule has 1 aromatic carbocycles. The van der Waals surface area contributed by atoms with Crippen molar-refractivity contribution in [3.63, 3.8) is 0 Å². The molecule has 0 radical (unpaired) electrons. The number of rotatable bonds is 10. The van der Waals surface area contributed by atoms with Crippen molar-refractivity contribution in [2.75, 3.05) is 13.2 Å². The van der Waals surface area contributed by atoms with E-state index >= 15 is 0 Å². The van der Waals surface area contributed by atoms with E-state index in [-0.39, 0.29) is 11.7 Å². The summed E-state index contributed by atoms with van der Waals surface area (Å²) in [4.78, 5) is 0. The van der Waals surface area contributed by atoms with Crippen LogP contribution in [-0.2, 0) is 4.74 Å². The Morgan fingerprint density at radius 1 is 0.756 bits per heavy atom. The normalized spacial score (nSPS) is 35.0. The number of benzene rings is 1. The van der Waals surface area contributed by atoms with Crippen molar-refractivity contribution in [1.29, 1.82) is 0 Å². The van der Waals surface area contributed by atoms with Gasteiger partial charge in [-0.05, 0) is 156 Å². The maximum Gasteiger partial charge on any atom is 0.200 e. The lowest BCUT2D eigenvalue weighted by atomic mass is 9.67. The molecule has 41 heavy (non-hydrogen) atoms. The van der Waals surface area contributed by atoms with Crippen LogP contribution in [0.5, 0.6) is 5.75 Å². The van der Waals surface area contributed by atoms with Crippen LogP contribution in [0.1, 0.15) is 134 Å². The van der Waals surface area contributed by atoms with E-state index in [2.05, 4.69) is 19.1 Å². The van der Waals surface area contributed by atoms with Crippen molar-refractivity contribution in [3.8, 4) is 5.75 Å². The molecule has 0 amide bonds. The molecule has 4 fully saturated rings. The van der Waals surface area contributed by atoms with Crippen LogP contribution in [0, 0.1) is 47.1 Å². The molecule has 1 saturated heterocycles. The summed E-state index contributed by atoms with van der Waals surface area (Å²) < 4.78 is 41.4. The van der Waals surface area contributed by atoms with Gasteiger partial charge in [0.25, 0.3) is 0 Å². The average molecular weight is 571 g/mol. The molecule has 3 saturated carbocycles. The van der Waals surface area contributed by atoms with Crippen LogP contribution in [0.15, 0.2) is 24.3 Å². The van der Waals surface area contributed by atoms with E-state index in [4.69, 9.17) is 9.47 Å². The van der Waals surface area contributed by atoms with Crippen molar-refractivity contribution in [2.45, 2.75) is 135 Å². The van der Waals surface area contributed by atoms with Gasteiger partial charge in [0.15, 0.2) is 11.6 Å². The van der Waals surface area contributed by atoms with Gasteiger partial charge in [0.2, 0.25) is 5.82 Å². The molecular formula is C37H56F2O2. The minimum atomic E-state index is -0.818. The van der Waals surface area contributed by atoms with Crippen LogP contribution in [-0.4, -0.2) is 19.3 Å². The summed E-state index contributed by atoms with van der Waals surface area (Å²) >= 11 is 0. The highest BCUT2D eigenvalue weighted by Gasteiger charge is 2.37. The summed E-state index contributed by atoms with van der Waals surface area (Å²) in [6.45, 7) is 5.41. The molecule has 1 heterocycles. The predicted molar refractivity (Wildman–Crippen MR) is 164 cm³/mol. The lowest BCUT2D eigenvalue weighted by molar-refractivity contribution is -0.0750. The van der Waals surface area contributed by atoms with Gasteiger partial charge in [-0.2, -0.15) is 4.39 Å². The second kappa shape index (κ2) is 15.3. The van der Waals surface area contributed by atoms with Crippen LogP contribution < -0.4 is 4.74 Å². The first kappa shape index (κ1) is 31.0. The van der Waals surface area contributed by atoms with E-state index in [0.29, 0.717) is 30.1 Å². The fourth-order valence-electron chi connectivity index (χ4n) is 9.06. The third-order valence-electron chi connectivity index (χ3n) is 11.6. The Labute approximate surface area is 249 Å². The van der Waals surface area contributed by atoms with Gasteiger partial charge in [-0.15, -0.1) is 0 Å². The van der Waals surface area contributed by atoms with Crippen molar-refractivity contribution < 1.29 is 18.3 Å². The predicted octanol–water partition coefficient (Wildman–Crippen LogP) is 10.8. The monoisotopic (exact) mass is 570 g/mol. The molecule has 5 rings (SSSR count). The van der Waals surface area contributed by atoms with Crippen molar-refractivity contribution >= 4 is 0 Å². The zero-order valence-corrected chi connectivity index (χ0v) is 25.9. The minimum Gasteiger partial charge on any atom is -0.490 e. The quantitative estimate of drug-likeness (QED) is 0.261. The average Bonchev–Trinajstić information content (AvgIpc) is 3.03. The van der Waals surface area contributed by atoms with Crippen LogP contribution in [0.2, 0.25) is 0 Å². The highest BCUT2D eigenvalue weighted by atomic mass is 19.2. The van der Waals surface area contributed by atoms with Gasteiger partial charge < -0.3 is 9.47 Å². The van der Waals surface area contributed by atoms with Gasteiger partial charge in [0, 0.05) is 0 Å². The van der Waals surface area contributed by atoms with Crippen molar-refractivity contribution in [2.24, 2.45) is 35.5 Å². The molecule has 3 aliphatic carbocycles. The fourth-order valence-corrected chi connectivity index (χ4v) is 9.06. The largest absolute Gasteiger partial charge is 0.490 e. The van der Waals surface area contributed by atoms with E-state index in [1.165, 1.54) is 77.0 Å². The Morgan fingerprint density at radius 3 is 2.00 bits per heavy atom. The maximum atomic E-state index is 14.9. The Morgan fingerprint density at radius 2 is 1.37 bits per heavy atom. The summed E-state index contributed by atoms with van der Waals surface area (Å²) in [7, 11) is 0. The van der Waals surface area contributed by atoms with Crippen LogP contribution in [0.25, 0.3) is 0 Å². The Hall–Kier alpha value is -1.42. The highest BCUT2D eigenvalue weighted by molar-refractivity contribution is 5.33. The molecule has 2 nitrogen and oxygen atoms in total. The summed E-state index contributed by atoms with van der Waals surface area (Å²) in [5.41, 5.74) is 0.540. The third-order valence-corrected chi connectivity index (χ3v) is 11.6. The van der Waals surface area contributed by atoms with Gasteiger partial charge in [0.1, 0.15) is 0 Å². The Bertz CT molecular complexity index is 944. The number of hydrogen-bond donors (Lipinski definition) is 0. The lowest BCUT2D eigenvalue weighted by Crippen LogP contribution is -2.37. The smallest absolute Gasteiger partial charge is 0.200 e. The summed E-state index contributed by atoms with van der Waals surface area (Å²) in [5.74, 6) is 3.62. The molecular weight excluding hydrogens is 514 g/mol. The molecule has 0 N–H and O–H groups in total. The SMILES string of the molecule is C/C=C/CCC1CCC(C2CCC(C3CCC(C4CCC(c5ccc(OCCC)c(F)c5F)CC4)CO3)CC2)CC1. The number of halogens is 2. The highest BCUT2D eigenvalue weighted by Crippen LogP contribution is 2.46. The molecule has 0 bridgehead atoms. The number of ether oxygens (including phenoxy) is 2.